The highest BCUT2D eigenvalue weighted by Gasteiger charge is 2.34. The van der Waals surface area contributed by atoms with Gasteiger partial charge in [-0.3, -0.25) is 0 Å². The number of fused-ring (bicyclic) bond motifs is 2. The fourth-order valence-electron chi connectivity index (χ4n) is 2.44. The Labute approximate surface area is 62.3 Å². The van der Waals surface area contributed by atoms with E-state index in [1.165, 1.54) is 19.3 Å². The molecule has 0 aromatic carbocycles. The third-order valence-electron chi connectivity index (χ3n) is 2.95. The molecule has 0 radical (unpaired) electrons. The molecule has 2 N–H and O–H groups in total. The standard InChI is InChI=1S/C9H15N/c10-4-3-9-6-7-1-2-8(9)5-7/h1-2,7-9H,3-6,10H2/t7-,8+,9?/m1/s1. The maximum Gasteiger partial charge on any atom is -0.00744 e. The summed E-state index contributed by atoms with van der Waals surface area (Å²) in [5, 5.41) is 0. The van der Waals surface area contributed by atoms with Crippen molar-refractivity contribution in [3.63, 3.8) is 0 Å². The van der Waals surface area contributed by atoms with Crippen LogP contribution < -0.4 is 5.73 Å². The molecule has 0 amide bonds. The number of hydrogen-bond acceptors (Lipinski definition) is 1. The molecule has 0 saturated heterocycles. The SMILES string of the molecule is NCCC1C[C@@H]2C=C[C@H]1C2. The van der Waals surface area contributed by atoms with Gasteiger partial charge in [0.25, 0.3) is 0 Å². The Morgan fingerprint density at radius 3 is 2.70 bits per heavy atom. The fourth-order valence-corrected chi connectivity index (χ4v) is 2.44. The minimum absolute atomic E-state index is 0.877. The summed E-state index contributed by atoms with van der Waals surface area (Å²) >= 11 is 0. The van der Waals surface area contributed by atoms with E-state index in [1.807, 2.05) is 0 Å². The number of hydrogen-bond donors (Lipinski definition) is 1. The molecule has 1 nitrogen and oxygen atoms in total. The van der Waals surface area contributed by atoms with E-state index in [1.54, 1.807) is 0 Å². The Balaban J connectivity index is 1.96. The first-order valence-corrected chi connectivity index (χ1v) is 4.28. The lowest BCUT2D eigenvalue weighted by Gasteiger charge is -2.15. The van der Waals surface area contributed by atoms with Gasteiger partial charge in [0.1, 0.15) is 0 Å². The molecule has 0 aromatic rings. The summed E-state index contributed by atoms with van der Waals surface area (Å²) in [6.45, 7) is 0.877. The number of rotatable bonds is 2. The van der Waals surface area contributed by atoms with Gasteiger partial charge >= 0.3 is 0 Å². The summed E-state index contributed by atoms with van der Waals surface area (Å²) in [6, 6.07) is 0. The molecule has 0 aliphatic heterocycles. The van der Waals surface area contributed by atoms with Crippen LogP contribution in [0.25, 0.3) is 0 Å². The van der Waals surface area contributed by atoms with E-state index in [0.29, 0.717) is 0 Å². The van der Waals surface area contributed by atoms with Gasteiger partial charge in [0.05, 0.1) is 0 Å². The highest BCUT2D eigenvalue weighted by Crippen LogP contribution is 2.44. The van der Waals surface area contributed by atoms with Crippen molar-refractivity contribution in [2.24, 2.45) is 23.5 Å². The molecule has 2 bridgehead atoms. The quantitative estimate of drug-likeness (QED) is 0.574. The molecule has 56 valence electrons. The van der Waals surface area contributed by atoms with Crippen molar-refractivity contribution in [1.29, 1.82) is 0 Å². The first-order valence-electron chi connectivity index (χ1n) is 4.28. The summed E-state index contributed by atoms with van der Waals surface area (Å²) in [4.78, 5) is 0. The Morgan fingerprint density at radius 1 is 1.30 bits per heavy atom. The molecule has 0 heterocycles. The van der Waals surface area contributed by atoms with E-state index in [4.69, 9.17) is 5.73 Å². The van der Waals surface area contributed by atoms with Gasteiger partial charge in [0.2, 0.25) is 0 Å². The molecule has 1 saturated carbocycles. The summed E-state index contributed by atoms with van der Waals surface area (Å²) in [7, 11) is 0. The Bertz CT molecular complexity index is 151. The van der Waals surface area contributed by atoms with Gasteiger partial charge in [-0.2, -0.15) is 0 Å². The molecule has 2 aliphatic rings. The molecule has 2 rings (SSSR count). The minimum Gasteiger partial charge on any atom is -0.330 e. The molecule has 1 fully saturated rings. The second-order valence-corrected chi connectivity index (χ2v) is 3.62. The van der Waals surface area contributed by atoms with Gasteiger partial charge < -0.3 is 5.73 Å². The van der Waals surface area contributed by atoms with Gasteiger partial charge in [-0.15, -0.1) is 0 Å². The Kier molecular flexibility index (Phi) is 1.53. The average Bonchev–Trinajstić information content (AvgIpc) is 2.48. The van der Waals surface area contributed by atoms with E-state index in [2.05, 4.69) is 12.2 Å². The van der Waals surface area contributed by atoms with E-state index >= 15 is 0 Å². The van der Waals surface area contributed by atoms with Crippen LogP contribution in [0.4, 0.5) is 0 Å². The number of allylic oxidation sites excluding steroid dienone is 2. The average molecular weight is 137 g/mol. The molecule has 10 heavy (non-hydrogen) atoms. The second-order valence-electron chi connectivity index (χ2n) is 3.62. The minimum atomic E-state index is 0.877. The molecular weight excluding hydrogens is 122 g/mol. The van der Waals surface area contributed by atoms with Gasteiger partial charge in [0, 0.05) is 0 Å². The lowest BCUT2D eigenvalue weighted by Crippen LogP contribution is -2.12. The fraction of sp³-hybridized carbons (Fsp3) is 0.778. The smallest absolute Gasteiger partial charge is 0.00744 e. The van der Waals surface area contributed by atoms with Crippen molar-refractivity contribution in [1.82, 2.24) is 0 Å². The molecule has 3 atom stereocenters. The lowest BCUT2D eigenvalue weighted by atomic mass is 9.91. The van der Waals surface area contributed by atoms with Crippen LogP contribution in [0.5, 0.6) is 0 Å². The zero-order valence-electron chi connectivity index (χ0n) is 6.29. The van der Waals surface area contributed by atoms with Crippen molar-refractivity contribution < 1.29 is 0 Å². The normalized spacial score (nSPS) is 43.1. The monoisotopic (exact) mass is 137 g/mol. The first kappa shape index (κ1) is 6.41. The largest absolute Gasteiger partial charge is 0.330 e. The van der Waals surface area contributed by atoms with E-state index in [0.717, 1.165) is 24.3 Å². The van der Waals surface area contributed by atoms with Crippen LogP contribution >= 0.6 is 0 Å². The van der Waals surface area contributed by atoms with Crippen LogP contribution in [0.15, 0.2) is 12.2 Å². The van der Waals surface area contributed by atoms with Crippen molar-refractivity contribution in [3.05, 3.63) is 12.2 Å². The lowest BCUT2D eigenvalue weighted by molar-refractivity contribution is 0.422. The summed E-state index contributed by atoms with van der Waals surface area (Å²) in [6.07, 6.45) is 8.86. The third-order valence-corrected chi connectivity index (χ3v) is 2.95. The van der Waals surface area contributed by atoms with Crippen LogP contribution in [0.3, 0.4) is 0 Å². The topological polar surface area (TPSA) is 26.0 Å². The highest BCUT2D eigenvalue weighted by molar-refractivity contribution is 5.09. The van der Waals surface area contributed by atoms with Crippen molar-refractivity contribution in [2.45, 2.75) is 19.3 Å². The van der Waals surface area contributed by atoms with Crippen molar-refractivity contribution in [3.8, 4) is 0 Å². The number of nitrogens with two attached hydrogens (primary N) is 1. The van der Waals surface area contributed by atoms with E-state index in [-0.39, 0.29) is 0 Å². The zero-order valence-corrected chi connectivity index (χ0v) is 6.29. The maximum absolute atomic E-state index is 5.52. The highest BCUT2D eigenvalue weighted by atomic mass is 14.5. The van der Waals surface area contributed by atoms with E-state index < -0.39 is 0 Å². The van der Waals surface area contributed by atoms with Crippen molar-refractivity contribution >= 4 is 0 Å². The Hall–Kier alpha value is -0.300. The van der Waals surface area contributed by atoms with Gasteiger partial charge in [-0.1, -0.05) is 12.2 Å². The Morgan fingerprint density at radius 2 is 2.20 bits per heavy atom. The second kappa shape index (κ2) is 2.39. The predicted octanol–water partition coefficient (Wildman–Crippen LogP) is 1.55. The zero-order chi connectivity index (χ0) is 6.97. The van der Waals surface area contributed by atoms with Crippen LogP contribution in [0.2, 0.25) is 0 Å². The van der Waals surface area contributed by atoms with Crippen LogP contribution in [0.1, 0.15) is 19.3 Å². The summed E-state index contributed by atoms with van der Waals surface area (Å²) in [5.74, 6) is 2.75. The summed E-state index contributed by atoms with van der Waals surface area (Å²) < 4.78 is 0. The third kappa shape index (κ3) is 0.891. The van der Waals surface area contributed by atoms with Crippen LogP contribution in [0, 0.1) is 17.8 Å². The molecule has 2 aliphatic carbocycles. The molecule has 0 aromatic heterocycles. The maximum atomic E-state index is 5.52. The van der Waals surface area contributed by atoms with E-state index in [9.17, 15) is 0 Å². The van der Waals surface area contributed by atoms with Gasteiger partial charge in [-0.25, -0.2) is 0 Å². The predicted molar refractivity (Wildman–Crippen MR) is 42.5 cm³/mol. The molecule has 0 spiro atoms. The first-order chi connectivity index (χ1) is 4.90. The summed E-state index contributed by atoms with van der Waals surface area (Å²) in [5.41, 5.74) is 5.52. The molecular formula is C9H15N. The molecule has 1 unspecified atom stereocenters. The van der Waals surface area contributed by atoms with Gasteiger partial charge in [-0.05, 0) is 43.6 Å². The van der Waals surface area contributed by atoms with Crippen molar-refractivity contribution in [2.75, 3.05) is 6.54 Å². The van der Waals surface area contributed by atoms with Crippen LogP contribution in [-0.4, -0.2) is 6.54 Å². The molecule has 1 heteroatoms. The van der Waals surface area contributed by atoms with Gasteiger partial charge in [0.15, 0.2) is 0 Å². The van der Waals surface area contributed by atoms with Crippen LogP contribution in [-0.2, 0) is 0 Å².